The number of aromatic nitrogens is 1. The van der Waals surface area contributed by atoms with Gasteiger partial charge in [0.25, 0.3) is 5.91 Å². The Morgan fingerprint density at radius 3 is 2.76 bits per heavy atom. The normalized spacial score (nSPS) is 22.6. The van der Waals surface area contributed by atoms with Crippen LogP contribution in [0.1, 0.15) is 11.3 Å². The third-order valence-electron chi connectivity index (χ3n) is 5.33. The number of nitrogens with zero attached hydrogens (tertiary/aromatic N) is 3. The van der Waals surface area contributed by atoms with E-state index in [1.54, 1.807) is 11.1 Å². The van der Waals surface area contributed by atoms with Crippen LogP contribution in [0.2, 0.25) is 0 Å². The van der Waals surface area contributed by atoms with Gasteiger partial charge in [-0.3, -0.25) is 14.6 Å². The van der Waals surface area contributed by atoms with Gasteiger partial charge >= 0.3 is 0 Å². The largest absolute Gasteiger partial charge is 0.368 e. The Morgan fingerprint density at radius 2 is 2.00 bits per heavy atom. The van der Waals surface area contributed by atoms with Crippen LogP contribution in [0.3, 0.4) is 0 Å². The summed E-state index contributed by atoms with van der Waals surface area (Å²) in [6.45, 7) is 3.88. The van der Waals surface area contributed by atoms with E-state index in [4.69, 9.17) is 9.47 Å². The monoisotopic (exact) mass is 395 g/mol. The second kappa shape index (κ2) is 8.31. The molecule has 0 bridgehead atoms. The first-order valence-corrected chi connectivity index (χ1v) is 9.81. The predicted molar refractivity (Wildman–Crippen MR) is 108 cm³/mol. The minimum Gasteiger partial charge on any atom is -0.368 e. The van der Waals surface area contributed by atoms with Crippen molar-refractivity contribution in [3.8, 4) is 0 Å². The Balaban J connectivity index is 1.50. The number of carbonyl (C=O) groups excluding carboxylic acids is 2. The van der Waals surface area contributed by atoms with Crippen molar-refractivity contribution in [2.45, 2.75) is 18.9 Å². The fraction of sp³-hybridized carbons (Fsp3) is 0.409. The fourth-order valence-corrected chi connectivity index (χ4v) is 3.80. The van der Waals surface area contributed by atoms with Gasteiger partial charge in [-0.15, -0.1) is 0 Å². The highest BCUT2D eigenvalue weighted by Gasteiger charge is 2.43. The number of hydrogen-bond acceptors (Lipinski definition) is 5. The standard InChI is InChI=1S/C22H25N3O4/c1-17-7-8-18(12-23-17)11-20(26)24-9-10-29-22(14-24)15-25(21(27)13-28-16-22)19-5-3-2-4-6-19/h2-8,12H,9-11,13-16H2,1H3. The number of anilines is 1. The van der Waals surface area contributed by atoms with Gasteiger partial charge in [0.2, 0.25) is 5.91 Å². The van der Waals surface area contributed by atoms with Gasteiger partial charge in [-0.1, -0.05) is 24.3 Å². The van der Waals surface area contributed by atoms with Crippen LogP contribution < -0.4 is 4.90 Å². The van der Waals surface area contributed by atoms with Gasteiger partial charge in [0, 0.05) is 24.1 Å². The van der Waals surface area contributed by atoms with Crippen LogP contribution in [0.5, 0.6) is 0 Å². The first-order valence-electron chi connectivity index (χ1n) is 9.81. The van der Waals surface area contributed by atoms with E-state index in [1.165, 1.54) is 0 Å². The summed E-state index contributed by atoms with van der Waals surface area (Å²) in [7, 11) is 0. The Kier molecular flexibility index (Phi) is 5.60. The SMILES string of the molecule is Cc1ccc(CC(=O)N2CCOC3(COCC(=O)N(c4ccccc4)C3)C2)cn1. The molecule has 0 N–H and O–H groups in total. The summed E-state index contributed by atoms with van der Waals surface area (Å²) in [6.07, 6.45) is 2.04. The summed E-state index contributed by atoms with van der Waals surface area (Å²) in [4.78, 5) is 33.3. The Morgan fingerprint density at radius 1 is 1.17 bits per heavy atom. The molecule has 2 aliphatic rings. The maximum Gasteiger partial charge on any atom is 0.253 e. The van der Waals surface area contributed by atoms with Gasteiger partial charge in [-0.2, -0.15) is 0 Å². The molecule has 7 heteroatoms. The molecule has 0 radical (unpaired) electrons. The van der Waals surface area contributed by atoms with E-state index in [9.17, 15) is 9.59 Å². The molecule has 0 aliphatic carbocycles. The van der Waals surface area contributed by atoms with Crippen molar-refractivity contribution in [2.24, 2.45) is 0 Å². The van der Waals surface area contributed by atoms with Crippen LogP contribution in [0.4, 0.5) is 5.69 Å². The maximum absolute atomic E-state index is 12.9. The first-order chi connectivity index (χ1) is 14.0. The van der Waals surface area contributed by atoms with Gasteiger partial charge in [-0.05, 0) is 30.7 Å². The minimum absolute atomic E-state index is 0.00296. The first kappa shape index (κ1) is 19.5. The third kappa shape index (κ3) is 4.46. The molecular weight excluding hydrogens is 370 g/mol. The number of carbonyl (C=O) groups is 2. The van der Waals surface area contributed by atoms with E-state index in [2.05, 4.69) is 4.98 Å². The zero-order valence-corrected chi connectivity index (χ0v) is 16.5. The van der Waals surface area contributed by atoms with Crippen molar-refractivity contribution in [1.82, 2.24) is 9.88 Å². The molecule has 1 atom stereocenters. The lowest BCUT2D eigenvalue weighted by molar-refractivity contribution is -0.157. The molecule has 2 fully saturated rings. The van der Waals surface area contributed by atoms with E-state index in [-0.39, 0.29) is 25.0 Å². The van der Waals surface area contributed by atoms with Gasteiger partial charge in [0.05, 0.1) is 32.7 Å². The molecule has 1 aromatic carbocycles. The second-order valence-electron chi connectivity index (χ2n) is 7.64. The lowest BCUT2D eigenvalue weighted by Crippen LogP contribution is -2.60. The van der Waals surface area contributed by atoms with Crippen LogP contribution in [-0.2, 0) is 25.5 Å². The quantitative estimate of drug-likeness (QED) is 0.789. The van der Waals surface area contributed by atoms with E-state index < -0.39 is 5.60 Å². The number of para-hydroxylation sites is 1. The molecule has 1 aromatic heterocycles. The summed E-state index contributed by atoms with van der Waals surface area (Å²) < 4.78 is 11.8. The molecule has 152 valence electrons. The lowest BCUT2D eigenvalue weighted by Gasteiger charge is -2.43. The molecule has 2 saturated heterocycles. The number of benzene rings is 1. The molecule has 3 heterocycles. The fourth-order valence-electron chi connectivity index (χ4n) is 3.80. The number of ether oxygens (including phenoxy) is 2. The van der Waals surface area contributed by atoms with Crippen LogP contribution in [0, 0.1) is 6.92 Å². The minimum atomic E-state index is -0.735. The Hall–Kier alpha value is -2.77. The van der Waals surface area contributed by atoms with Crippen molar-refractivity contribution in [2.75, 3.05) is 44.4 Å². The van der Waals surface area contributed by atoms with E-state index in [0.717, 1.165) is 16.9 Å². The lowest BCUT2D eigenvalue weighted by atomic mass is 10.0. The molecular formula is C22H25N3O4. The number of pyridine rings is 1. The number of rotatable bonds is 3. The van der Waals surface area contributed by atoms with Crippen molar-refractivity contribution in [3.63, 3.8) is 0 Å². The van der Waals surface area contributed by atoms with Gasteiger partial charge in [0.1, 0.15) is 12.2 Å². The third-order valence-corrected chi connectivity index (χ3v) is 5.33. The molecule has 2 aromatic rings. The molecule has 4 rings (SSSR count). The predicted octanol–water partition coefficient (Wildman–Crippen LogP) is 1.59. The van der Waals surface area contributed by atoms with Crippen molar-refractivity contribution in [1.29, 1.82) is 0 Å². The van der Waals surface area contributed by atoms with Crippen molar-refractivity contribution < 1.29 is 19.1 Å². The summed E-state index contributed by atoms with van der Waals surface area (Å²) in [5, 5.41) is 0. The molecule has 2 amide bonds. The van der Waals surface area contributed by atoms with Gasteiger partial charge < -0.3 is 19.3 Å². The number of aryl methyl sites for hydroxylation is 1. The van der Waals surface area contributed by atoms with Crippen LogP contribution in [0.15, 0.2) is 48.7 Å². The highest BCUT2D eigenvalue weighted by Crippen LogP contribution is 2.27. The highest BCUT2D eigenvalue weighted by molar-refractivity contribution is 5.94. The molecule has 1 spiro atoms. The molecule has 29 heavy (non-hydrogen) atoms. The van der Waals surface area contributed by atoms with Crippen molar-refractivity contribution in [3.05, 3.63) is 59.9 Å². The summed E-state index contributed by atoms with van der Waals surface area (Å²) in [5.74, 6) is -0.0778. The van der Waals surface area contributed by atoms with Crippen LogP contribution in [0.25, 0.3) is 0 Å². The van der Waals surface area contributed by atoms with E-state index >= 15 is 0 Å². The highest BCUT2D eigenvalue weighted by atomic mass is 16.5. The van der Waals surface area contributed by atoms with Gasteiger partial charge in [0.15, 0.2) is 0 Å². The second-order valence-corrected chi connectivity index (χ2v) is 7.64. The summed E-state index contributed by atoms with van der Waals surface area (Å²) in [6, 6.07) is 13.3. The maximum atomic E-state index is 12.9. The molecule has 7 nitrogen and oxygen atoms in total. The Labute approximate surface area is 170 Å². The number of amides is 2. The molecule has 2 aliphatic heterocycles. The zero-order valence-electron chi connectivity index (χ0n) is 16.5. The summed E-state index contributed by atoms with van der Waals surface area (Å²) >= 11 is 0. The van der Waals surface area contributed by atoms with Crippen molar-refractivity contribution >= 4 is 17.5 Å². The van der Waals surface area contributed by atoms with Gasteiger partial charge in [-0.25, -0.2) is 0 Å². The summed E-state index contributed by atoms with van der Waals surface area (Å²) in [5.41, 5.74) is 1.88. The average molecular weight is 395 g/mol. The molecule has 0 saturated carbocycles. The van der Waals surface area contributed by atoms with Crippen LogP contribution >= 0.6 is 0 Å². The zero-order chi connectivity index (χ0) is 20.3. The number of morpholine rings is 1. The average Bonchev–Trinajstić information content (AvgIpc) is 2.89. The molecule has 1 unspecified atom stereocenters. The topological polar surface area (TPSA) is 72.0 Å². The smallest absolute Gasteiger partial charge is 0.253 e. The van der Waals surface area contributed by atoms with Crippen LogP contribution in [-0.4, -0.2) is 66.8 Å². The number of hydrogen-bond donors (Lipinski definition) is 0. The van der Waals surface area contributed by atoms with E-state index in [1.807, 2.05) is 54.3 Å². The Bertz CT molecular complexity index is 871. The van der Waals surface area contributed by atoms with E-state index in [0.29, 0.717) is 32.7 Å².